The van der Waals surface area contributed by atoms with Crippen molar-refractivity contribution in [1.29, 1.82) is 0 Å². The van der Waals surface area contributed by atoms with Gasteiger partial charge in [0.05, 0.1) is 43.9 Å². The Morgan fingerprint density at radius 2 is 1.67 bits per heavy atom. The van der Waals surface area contributed by atoms with Gasteiger partial charge in [0.25, 0.3) is 5.91 Å². The summed E-state index contributed by atoms with van der Waals surface area (Å²) in [5, 5.41) is 7.48. The smallest absolute Gasteiger partial charge is 0.280 e. The Morgan fingerprint density at radius 1 is 1.00 bits per heavy atom. The third-order valence-electron chi connectivity index (χ3n) is 3.86. The second-order valence-corrected chi connectivity index (χ2v) is 5.87. The minimum absolute atomic E-state index is 0.136. The number of carbonyl (C=O) groups is 1. The van der Waals surface area contributed by atoms with E-state index in [1.807, 2.05) is 30.3 Å². The molecule has 0 radical (unpaired) electrons. The molecule has 0 aliphatic carbocycles. The van der Waals surface area contributed by atoms with Gasteiger partial charge in [-0.05, 0) is 12.1 Å². The first-order valence-electron chi connectivity index (χ1n) is 7.99. The number of ether oxygens (including phenoxy) is 3. The van der Waals surface area contributed by atoms with Gasteiger partial charge in [0.1, 0.15) is 11.5 Å². The van der Waals surface area contributed by atoms with Crippen LogP contribution in [0.5, 0.6) is 17.2 Å². The van der Waals surface area contributed by atoms with E-state index in [0.29, 0.717) is 28.0 Å². The molecule has 27 heavy (non-hydrogen) atoms. The van der Waals surface area contributed by atoms with Crippen molar-refractivity contribution < 1.29 is 19.0 Å². The number of rotatable bonds is 6. The first-order valence-corrected chi connectivity index (χ1v) is 8.37. The zero-order valence-corrected chi connectivity index (χ0v) is 15.8. The van der Waals surface area contributed by atoms with Gasteiger partial charge in [0, 0.05) is 12.1 Å². The molecule has 1 heterocycles. The van der Waals surface area contributed by atoms with Crippen LogP contribution in [0.4, 0.5) is 5.69 Å². The van der Waals surface area contributed by atoms with Gasteiger partial charge in [0.15, 0.2) is 11.4 Å². The number of carbonyl (C=O) groups excluding carboxylic acids is 1. The number of benzene rings is 2. The van der Waals surface area contributed by atoms with Crippen molar-refractivity contribution in [3.63, 3.8) is 0 Å². The highest BCUT2D eigenvalue weighted by Crippen LogP contribution is 2.36. The summed E-state index contributed by atoms with van der Waals surface area (Å²) < 4.78 is 17.4. The molecule has 0 aliphatic rings. The van der Waals surface area contributed by atoms with Crippen LogP contribution in [0.3, 0.4) is 0 Å². The van der Waals surface area contributed by atoms with E-state index in [4.69, 9.17) is 25.8 Å². The molecule has 0 unspecified atom stereocenters. The van der Waals surface area contributed by atoms with Crippen LogP contribution in [0.1, 0.15) is 10.5 Å². The summed E-state index contributed by atoms with van der Waals surface area (Å²) in [5.74, 6) is 0.700. The standard InChI is InChI=1S/C19H18ClN3O4/c1-25-15-10-14(16(26-2)9-13(15)20)21-19(24)18-17(27-3)11-23(22-18)12-7-5-4-6-8-12/h4-11H,1-3H3,(H,21,24). The van der Waals surface area contributed by atoms with E-state index in [0.717, 1.165) is 5.69 Å². The summed E-state index contributed by atoms with van der Waals surface area (Å²) in [6, 6.07) is 12.6. The lowest BCUT2D eigenvalue weighted by Gasteiger charge is -2.12. The lowest BCUT2D eigenvalue weighted by Crippen LogP contribution is -2.15. The number of para-hydroxylation sites is 1. The Balaban J connectivity index is 1.94. The Labute approximate surface area is 161 Å². The molecular formula is C19H18ClN3O4. The first kappa shape index (κ1) is 18.6. The number of hydrogen-bond acceptors (Lipinski definition) is 5. The number of methoxy groups -OCH3 is 3. The summed E-state index contributed by atoms with van der Waals surface area (Å²) in [7, 11) is 4.46. The molecule has 0 saturated heterocycles. The molecule has 8 heteroatoms. The minimum Gasteiger partial charge on any atom is -0.495 e. The van der Waals surface area contributed by atoms with Crippen molar-refractivity contribution in [2.45, 2.75) is 0 Å². The lowest BCUT2D eigenvalue weighted by atomic mass is 10.2. The molecule has 140 valence electrons. The molecule has 0 bridgehead atoms. The van der Waals surface area contributed by atoms with Gasteiger partial charge in [-0.2, -0.15) is 5.10 Å². The van der Waals surface area contributed by atoms with Gasteiger partial charge in [-0.25, -0.2) is 4.68 Å². The molecule has 7 nitrogen and oxygen atoms in total. The van der Waals surface area contributed by atoms with Gasteiger partial charge in [-0.15, -0.1) is 0 Å². The predicted octanol–water partition coefficient (Wildman–Crippen LogP) is 3.80. The van der Waals surface area contributed by atoms with Crippen LogP contribution in [0.25, 0.3) is 5.69 Å². The van der Waals surface area contributed by atoms with Crippen LogP contribution in [0, 0.1) is 0 Å². The third kappa shape index (κ3) is 3.83. The molecule has 0 aliphatic heterocycles. The van der Waals surface area contributed by atoms with E-state index in [-0.39, 0.29) is 5.69 Å². The van der Waals surface area contributed by atoms with Crippen molar-refractivity contribution in [3.8, 4) is 22.9 Å². The molecule has 3 aromatic rings. The number of hydrogen-bond donors (Lipinski definition) is 1. The van der Waals surface area contributed by atoms with Gasteiger partial charge in [-0.3, -0.25) is 4.79 Å². The first-order chi connectivity index (χ1) is 13.1. The quantitative estimate of drug-likeness (QED) is 0.696. The number of anilines is 1. The molecule has 1 aromatic heterocycles. The van der Waals surface area contributed by atoms with E-state index in [9.17, 15) is 4.79 Å². The van der Waals surface area contributed by atoms with Crippen molar-refractivity contribution >= 4 is 23.2 Å². The summed E-state index contributed by atoms with van der Waals surface area (Å²) in [5.41, 5.74) is 1.35. The maximum Gasteiger partial charge on any atom is 0.280 e. The number of aromatic nitrogens is 2. The maximum absolute atomic E-state index is 12.8. The van der Waals surface area contributed by atoms with Crippen molar-refractivity contribution in [1.82, 2.24) is 9.78 Å². The number of nitrogens with zero attached hydrogens (tertiary/aromatic N) is 2. The summed E-state index contributed by atoms with van der Waals surface area (Å²) in [4.78, 5) is 12.8. The van der Waals surface area contributed by atoms with Crippen LogP contribution in [-0.2, 0) is 0 Å². The van der Waals surface area contributed by atoms with Gasteiger partial charge in [0.2, 0.25) is 0 Å². The average molecular weight is 388 g/mol. The number of nitrogens with one attached hydrogen (secondary N) is 1. The third-order valence-corrected chi connectivity index (χ3v) is 4.15. The molecule has 0 atom stereocenters. The summed E-state index contributed by atoms with van der Waals surface area (Å²) >= 11 is 6.10. The molecule has 0 fully saturated rings. The molecule has 2 aromatic carbocycles. The fraction of sp³-hybridized carbons (Fsp3) is 0.158. The van der Waals surface area contributed by atoms with Gasteiger partial charge >= 0.3 is 0 Å². The lowest BCUT2D eigenvalue weighted by molar-refractivity contribution is 0.101. The van der Waals surface area contributed by atoms with E-state index in [2.05, 4.69) is 10.4 Å². The Kier molecular flexibility index (Phi) is 5.52. The average Bonchev–Trinajstić information content (AvgIpc) is 3.14. The highest BCUT2D eigenvalue weighted by molar-refractivity contribution is 6.32. The Bertz CT molecular complexity index is 957. The second-order valence-electron chi connectivity index (χ2n) is 5.47. The monoisotopic (exact) mass is 387 g/mol. The van der Waals surface area contributed by atoms with E-state index >= 15 is 0 Å². The highest BCUT2D eigenvalue weighted by Gasteiger charge is 2.21. The van der Waals surface area contributed by atoms with E-state index in [1.165, 1.54) is 21.3 Å². The maximum atomic E-state index is 12.8. The topological polar surface area (TPSA) is 74.6 Å². The molecule has 0 spiro atoms. The molecule has 0 saturated carbocycles. The zero-order valence-electron chi connectivity index (χ0n) is 15.0. The van der Waals surface area contributed by atoms with Crippen LogP contribution in [0.2, 0.25) is 5.02 Å². The fourth-order valence-corrected chi connectivity index (χ4v) is 2.75. The normalized spacial score (nSPS) is 10.4. The van der Waals surface area contributed by atoms with Crippen molar-refractivity contribution in [3.05, 3.63) is 59.4 Å². The van der Waals surface area contributed by atoms with E-state index in [1.54, 1.807) is 23.0 Å². The van der Waals surface area contributed by atoms with Gasteiger partial charge < -0.3 is 19.5 Å². The number of halogens is 1. The summed E-state index contributed by atoms with van der Waals surface area (Å²) in [6.07, 6.45) is 1.64. The summed E-state index contributed by atoms with van der Waals surface area (Å²) in [6.45, 7) is 0. The van der Waals surface area contributed by atoms with Crippen molar-refractivity contribution in [2.24, 2.45) is 0 Å². The van der Waals surface area contributed by atoms with E-state index < -0.39 is 5.91 Å². The van der Waals surface area contributed by atoms with Gasteiger partial charge in [-0.1, -0.05) is 29.8 Å². The number of amides is 1. The molecule has 1 N–H and O–H groups in total. The minimum atomic E-state index is -0.454. The molecular weight excluding hydrogens is 370 g/mol. The van der Waals surface area contributed by atoms with Crippen molar-refractivity contribution in [2.75, 3.05) is 26.6 Å². The largest absolute Gasteiger partial charge is 0.495 e. The van der Waals surface area contributed by atoms with Crippen LogP contribution < -0.4 is 19.5 Å². The Hall–Kier alpha value is -3.19. The predicted molar refractivity (Wildman–Crippen MR) is 103 cm³/mol. The molecule has 1 amide bonds. The highest BCUT2D eigenvalue weighted by atomic mass is 35.5. The van der Waals surface area contributed by atoms with Crippen LogP contribution in [-0.4, -0.2) is 37.0 Å². The zero-order chi connectivity index (χ0) is 19.4. The Morgan fingerprint density at radius 3 is 2.30 bits per heavy atom. The second kappa shape index (κ2) is 8.01. The molecule has 3 rings (SSSR count). The van der Waals surface area contributed by atoms with Crippen LogP contribution in [0.15, 0.2) is 48.7 Å². The van der Waals surface area contributed by atoms with Crippen LogP contribution >= 0.6 is 11.6 Å². The SMILES string of the molecule is COc1cc(NC(=O)c2nn(-c3ccccc3)cc2OC)c(OC)cc1Cl. The fourth-order valence-electron chi connectivity index (χ4n) is 2.52.